The highest BCUT2D eigenvalue weighted by atomic mass is 16.3. The van der Waals surface area contributed by atoms with Crippen LogP contribution in [0, 0.1) is 0 Å². The maximum absolute atomic E-state index is 11.9. The predicted molar refractivity (Wildman–Crippen MR) is 63.9 cm³/mol. The van der Waals surface area contributed by atoms with Gasteiger partial charge in [-0.2, -0.15) is 0 Å². The van der Waals surface area contributed by atoms with Crippen molar-refractivity contribution in [3.8, 4) is 5.75 Å². The number of aromatic hydroxyl groups is 1. The van der Waals surface area contributed by atoms with Crippen LogP contribution >= 0.6 is 0 Å². The molecule has 1 aliphatic heterocycles. The minimum Gasteiger partial charge on any atom is -0.505 e. The summed E-state index contributed by atoms with van der Waals surface area (Å²) in [5.41, 5.74) is 0.289. The second-order valence-electron chi connectivity index (χ2n) is 4.24. The van der Waals surface area contributed by atoms with Gasteiger partial charge in [-0.1, -0.05) is 0 Å². The molecule has 1 aliphatic rings. The van der Waals surface area contributed by atoms with Gasteiger partial charge in [-0.05, 0) is 38.4 Å². The van der Waals surface area contributed by atoms with Crippen molar-refractivity contribution in [3.63, 3.8) is 0 Å². The van der Waals surface area contributed by atoms with Gasteiger partial charge >= 0.3 is 0 Å². The minimum absolute atomic E-state index is 0.0725. The number of carbonyl (C=O) groups is 1. The number of amides is 1. The molecule has 1 fully saturated rings. The largest absolute Gasteiger partial charge is 0.505 e. The zero-order valence-electron chi connectivity index (χ0n) is 9.65. The standard InChI is InChI=1S/C12H17N3O2/c16-11-8-14-7-4-10(11)12(17)15-9-2-1-5-13-6-3-9/h4,7-9,13,16H,1-3,5-6H2,(H,15,17). The van der Waals surface area contributed by atoms with Crippen molar-refractivity contribution in [1.29, 1.82) is 0 Å². The van der Waals surface area contributed by atoms with Crippen molar-refractivity contribution in [2.45, 2.75) is 25.3 Å². The molecule has 1 amide bonds. The summed E-state index contributed by atoms with van der Waals surface area (Å²) in [6.07, 6.45) is 5.75. The Bertz CT molecular complexity index is 387. The van der Waals surface area contributed by atoms with Gasteiger partial charge in [-0.15, -0.1) is 0 Å². The molecule has 3 N–H and O–H groups in total. The van der Waals surface area contributed by atoms with Crippen LogP contribution in [0.15, 0.2) is 18.5 Å². The molecular weight excluding hydrogens is 218 g/mol. The van der Waals surface area contributed by atoms with E-state index in [9.17, 15) is 9.90 Å². The van der Waals surface area contributed by atoms with Crippen LogP contribution in [0.5, 0.6) is 5.75 Å². The van der Waals surface area contributed by atoms with E-state index in [4.69, 9.17) is 0 Å². The van der Waals surface area contributed by atoms with Gasteiger partial charge in [0, 0.05) is 12.2 Å². The van der Waals surface area contributed by atoms with E-state index in [1.165, 1.54) is 18.5 Å². The van der Waals surface area contributed by atoms with Gasteiger partial charge in [0.2, 0.25) is 0 Å². The molecule has 0 aliphatic carbocycles. The van der Waals surface area contributed by atoms with Crippen molar-refractivity contribution in [2.75, 3.05) is 13.1 Å². The lowest BCUT2D eigenvalue weighted by atomic mass is 10.1. The van der Waals surface area contributed by atoms with E-state index in [0.717, 1.165) is 32.4 Å². The van der Waals surface area contributed by atoms with Gasteiger partial charge in [0.15, 0.2) is 0 Å². The Hall–Kier alpha value is -1.62. The first-order valence-electron chi connectivity index (χ1n) is 5.92. The number of rotatable bonds is 2. The topological polar surface area (TPSA) is 74.2 Å². The van der Waals surface area contributed by atoms with Gasteiger partial charge in [-0.25, -0.2) is 0 Å². The average molecular weight is 235 g/mol. The summed E-state index contributed by atoms with van der Waals surface area (Å²) in [6, 6.07) is 1.71. The first-order chi connectivity index (χ1) is 8.27. The zero-order chi connectivity index (χ0) is 12.1. The van der Waals surface area contributed by atoms with Crippen molar-refractivity contribution in [3.05, 3.63) is 24.0 Å². The second-order valence-corrected chi connectivity index (χ2v) is 4.24. The third kappa shape index (κ3) is 3.17. The van der Waals surface area contributed by atoms with Crippen LogP contribution in [0.2, 0.25) is 0 Å². The third-order valence-corrected chi connectivity index (χ3v) is 2.96. The molecule has 0 saturated carbocycles. The summed E-state index contributed by atoms with van der Waals surface area (Å²) in [6.45, 7) is 1.93. The Morgan fingerprint density at radius 3 is 3.18 bits per heavy atom. The van der Waals surface area contributed by atoms with Crippen molar-refractivity contribution in [1.82, 2.24) is 15.6 Å². The fourth-order valence-electron chi connectivity index (χ4n) is 2.00. The SMILES string of the molecule is O=C(NC1CCCNCC1)c1ccncc1O. The van der Waals surface area contributed by atoms with E-state index in [0.29, 0.717) is 0 Å². The van der Waals surface area contributed by atoms with Gasteiger partial charge in [0.05, 0.1) is 11.8 Å². The van der Waals surface area contributed by atoms with Crippen LogP contribution in [0.4, 0.5) is 0 Å². The average Bonchev–Trinajstić information content (AvgIpc) is 2.58. The van der Waals surface area contributed by atoms with Gasteiger partial charge < -0.3 is 15.7 Å². The maximum atomic E-state index is 11.9. The van der Waals surface area contributed by atoms with Crippen LogP contribution < -0.4 is 10.6 Å². The molecule has 1 unspecified atom stereocenters. The van der Waals surface area contributed by atoms with Gasteiger partial charge in [0.25, 0.3) is 5.91 Å². The highest BCUT2D eigenvalue weighted by Crippen LogP contribution is 2.14. The molecule has 5 nitrogen and oxygen atoms in total. The van der Waals surface area contributed by atoms with Crippen LogP contribution in [-0.2, 0) is 0 Å². The molecule has 92 valence electrons. The minimum atomic E-state index is -0.225. The summed E-state index contributed by atoms with van der Waals surface area (Å²) in [5, 5.41) is 15.8. The Balaban J connectivity index is 1.98. The molecule has 0 spiro atoms. The number of nitrogens with one attached hydrogen (secondary N) is 2. The number of nitrogens with zero attached hydrogens (tertiary/aromatic N) is 1. The number of pyridine rings is 1. The highest BCUT2D eigenvalue weighted by Gasteiger charge is 2.17. The lowest BCUT2D eigenvalue weighted by molar-refractivity contribution is 0.0931. The zero-order valence-corrected chi connectivity index (χ0v) is 9.65. The number of hydrogen-bond acceptors (Lipinski definition) is 4. The van der Waals surface area contributed by atoms with E-state index in [2.05, 4.69) is 15.6 Å². The molecule has 1 atom stereocenters. The smallest absolute Gasteiger partial charge is 0.255 e. The van der Waals surface area contributed by atoms with E-state index >= 15 is 0 Å². The lowest BCUT2D eigenvalue weighted by Crippen LogP contribution is -2.35. The number of aromatic nitrogens is 1. The molecule has 17 heavy (non-hydrogen) atoms. The Kier molecular flexibility index (Phi) is 3.93. The number of carbonyl (C=O) groups excluding carboxylic acids is 1. The molecule has 0 aromatic carbocycles. The van der Waals surface area contributed by atoms with E-state index < -0.39 is 0 Å². The quantitative estimate of drug-likeness (QED) is 0.704. The van der Waals surface area contributed by atoms with Crippen LogP contribution in [0.25, 0.3) is 0 Å². The van der Waals surface area contributed by atoms with Gasteiger partial charge in [0.1, 0.15) is 5.75 Å². The second kappa shape index (κ2) is 5.63. The van der Waals surface area contributed by atoms with Crippen molar-refractivity contribution in [2.24, 2.45) is 0 Å². The first-order valence-corrected chi connectivity index (χ1v) is 5.92. The van der Waals surface area contributed by atoms with Crippen LogP contribution in [0.1, 0.15) is 29.6 Å². The highest BCUT2D eigenvalue weighted by molar-refractivity contribution is 5.96. The lowest BCUT2D eigenvalue weighted by Gasteiger charge is -2.16. The monoisotopic (exact) mass is 235 g/mol. The van der Waals surface area contributed by atoms with E-state index in [-0.39, 0.29) is 23.3 Å². The Labute approximate surface area is 100 Å². The van der Waals surface area contributed by atoms with Crippen LogP contribution in [-0.4, -0.2) is 35.1 Å². The first kappa shape index (κ1) is 11.9. The molecule has 1 saturated heterocycles. The molecule has 0 bridgehead atoms. The fourth-order valence-corrected chi connectivity index (χ4v) is 2.00. The van der Waals surface area contributed by atoms with Gasteiger partial charge in [-0.3, -0.25) is 9.78 Å². The summed E-state index contributed by atoms with van der Waals surface area (Å²) in [5.74, 6) is -0.298. The normalized spacial score (nSPS) is 20.6. The summed E-state index contributed by atoms with van der Waals surface area (Å²) < 4.78 is 0. The molecule has 2 rings (SSSR count). The molecule has 1 aromatic heterocycles. The molecule has 1 aromatic rings. The number of hydrogen-bond donors (Lipinski definition) is 3. The summed E-state index contributed by atoms with van der Waals surface area (Å²) in [4.78, 5) is 15.7. The molecule has 2 heterocycles. The Morgan fingerprint density at radius 1 is 1.47 bits per heavy atom. The third-order valence-electron chi connectivity index (χ3n) is 2.96. The molecule has 5 heteroatoms. The summed E-state index contributed by atoms with van der Waals surface area (Å²) >= 11 is 0. The van der Waals surface area contributed by atoms with Crippen molar-refractivity contribution >= 4 is 5.91 Å². The van der Waals surface area contributed by atoms with Crippen molar-refractivity contribution < 1.29 is 9.90 Å². The molecular formula is C12H17N3O2. The van der Waals surface area contributed by atoms with E-state index in [1.54, 1.807) is 0 Å². The fraction of sp³-hybridized carbons (Fsp3) is 0.500. The van der Waals surface area contributed by atoms with Crippen LogP contribution in [0.3, 0.4) is 0 Å². The molecule has 0 radical (unpaired) electrons. The van der Waals surface area contributed by atoms with E-state index in [1.807, 2.05) is 0 Å². The predicted octanol–water partition coefficient (Wildman–Crippen LogP) is 0.659. The Morgan fingerprint density at radius 2 is 2.35 bits per heavy atom. The maximum Gasteiger partial charge on any atom is 0.255 e. The summed E-state index contributed by atoms with van der Waals surface area (Å²) in [7, 11) is 0.